The third kappa shape index (κ3) is 10.2. The van der Waals surface area contributed by atoms with E-state index >= 15 is 0 Å². The van der Waals surface area contributed by atoms with Gasteiger partial charge in [0.05, 0.1) is 24.4 Å². The maximum atomic E-state index is 11.4. The molecule has 6 nitrogen and oxygen atoms in total. The van der Waals surface area contributed by atoms with Crippen LogP contribution in [-0.4, -0.2) is 25.5 Å². The Bertz CT molecular complexity index is 701. The van der Waals surface area contributed by atoms with Gasteiger partial charge in [-0.1, -0.05) is 32.0 Å². The lowest BCUT2D eigenvalue weighted by atomic mass is 10.1. The fourth-order valence-electron chi connectivity index (χ4n) is 2.12. The average Bonchev–Trinajstić information content (AvgIpc) is 2.68. The molecule has 154 valence electrons. The number of aryl methyl sites for hydroxylation is 1. The number of nitrogen functional groups attached to an aromatic ring is 1. The summed E-state index contributed by atoms with van der Waals surface area (Å²) in [7, 11) is 0. The minimum Gasteiger partial charge on any atom is -0.466 e. The Kier molecular flexibility index (Phi) is 13.5. The van der Waals surface area contributed by atoms with E-state index in [0.29, 0.717) is 25.1 Å². The molecule has 2 aromatic rings. The van der Waals surface area contributed by atoms with Crippen molar-refractivity contribution in [3.8, 4) is 0 Å². The van der Waals surface area contributed by atoms with Crippen LogP contribution in [0.3, 0.4) is 0 Å². The van der Waals surface area contributed by atoms with Crippen molar-refractivity contribution in [2.24, 2.45) is 0 Å². The Morgan fingerprint density at radius 1 is 1.11 bits per heavy atom. The number of carbonyl (C=O) groups excluding carboxylic acids is 2. The molecule has 0 atom stereocenters. The van der Waals surface area contributed by atoms with Gasteiger partial charge in [-0.05, 0) is 56.2 Å². The van der Waals surface area contributed by atoms with Crippen molar-refractivity contribution in [1.29, 1.82) is 0 Å². The van der Waals surface area contributed by atoms with E-state index in [-0.39, 0.29) is 5.97 Å². The maximum Gasteiger partial charge on any atom is 0.310 e. The SMILES string of the molecule is CC.CCNC=O.CCOC(=O)Cc1ccc(Nc2ccc(C)cc2N)cc1. The van der Waals surface area contributed by atoms with Crippen LogP contribution in [0.25, 0.3) is 0 Å². The van der Waals surface area contributed by atoms with Gasteiger partial charge in [0, 0.05) is 12.2 Å². The number of ether oxygens (including phenoxy) is 1. The molecule has 4 N–H and O–H groups in total. The van der Waals surface area contributed by atoms with Gasteiger partial charge in [0.15, 0.2) is 0 Å². The van der Waals surface area contributed by atoms with E-state index in [0.717, 1.165) is 29.0 Å². The first-order chi connectivity index (χ1) is 13.5. The number of rotatable bonds is 7. The molecule has 2 rings (SSSR count). The highest BCUT2D eigenvalue weighted by Crippen LogP contribution is 2.24. The summed E-state index contributed by atoms with van der Waals surface area (Å²) in [5.74, 6) is -0.207. The first kappa shape index (κ1) is 25.0. The van der Waals surface area contributed by atoms with E-state index in [1.165, 1.54) is 0 Å². The van der Waals surface area contributed by atoms with Gasteiger partial charge in [-0.25, -0.2) is 0 Å². The molecule has 2 aromatic carbocycles. The standard InChI is InChI=1S/C17H20N2O2.C3H7NO.C2H6/c1-3-21-17(20)11-13-5-7-14(8-6-13)19-16-9-4-12(2)10-15(16)18;1-2-4-3-5;1-2/h4-10,19H,3,11,18H2,1-2H3;3H,2H2,1H3,(H,4,5);1-2H3. The molecule has 0 fully saturated rings. The second kappa shape index (κ2) is 15.1. The van der Waals surface area contributed by atoms with Crippen molar-refractivity contribution in [2.45, 2.75) is 41.0 Å². The Labute approximate surface area is 168 Å². The van der Waals surface area contributed by atoms with E-state index < -0.39 is 0 Å². The molecule has 28 heavy (non-hydrogen) atoms. The van der Waals surface area contributed by atoms with Crippen molar-refractivity contribution in [3.63, 3.8) is 0 Å². The van der Waals surface area contributed by atoms with Crippen LogP contribution in [0.5, 0.6) is 0 Å². The van der Waals surface area contributed by atoms with E-state index in [1.54, 1.807) is 6.92 Å². The molecule has 0 aromatic heterocycles. The molecule has 0 saturated carbocycles. The van der Waals surface area contributed by atoms with Gasteiger partial charge in [-0.2, -0.15) is 0 Å². The predicted molar refractivity (Wildman–Crippen MR) is 117 cm³/mol. The van der Waals surface area contributed by atoms with Gasteiger partial charge in [-0.3, -0.25) is 9.59 Å². The second-order valence-corrected chi connectivity index (χ2v) is 5.57. The van der Waals surface area contributed by atoms with Crippen molar-refractivity contribution >= 4 is 29.4 Å². The zero-order chi connectivity index (χ0) is 21.4. The number of nitrogens with two attached hydrogens (primary N) is 1. The third-order valence-corrected chi connectivity index (χ3v) is 3.38. The molecule has 1 amide bonds. The summed E-state index contributed by atoms with van der Waals surface area (Å²) in [6, 6.07) is 13.6. The molecule has 0 spiro atoms. The molecule has 0 aliphatic heterocycles. The lowest BCUT2D eigenvalue weighted by Gasteiger charge is -2.10. The number of hydrogen-bond donors (Lipinski definition) is 3. The zero-order valence-electron chi connectivity index (χ0n) is 17.5. The largest absolute Gasteiger partial charge is 0.466 e. The number of benzene rings is 2. The van der Waals surface area contributed by atoms with Gasteiger partial charge in [0.25, 0.3) is 0 Å². The van der Waals surface area contributed by atoms with E-state index in [1.807, 2.05) is 70.2 Å². The molecule has 0 unspecified atom stereocenters. The first-order valence-electron chi connectivity index (χ1n) is 9.54. The van der Waals surface area contributed by atoms with E-state index in [9.17, 15) is 9.59 Å². The van der Waals surface area contributed by atoms with Crippen LogP contribution in [0, 0.1) is 6.92 Å². The van der Waals surface area contributed by atoms with Gasteiger partial charge in [0.1, 0.15) is 0 Å². The highest BCUT2D eigenvalue weighted by molar-refractivity contribution is 5.74. The number of hydrogen-bond acceptors (Lipinski definition) is 5. The van der Waals surface area contributed by atoms with E-state index in [2.05, 4.69) is 10.6 Å². The topological polar surface area (TPSA) is 93.4 Å². The summed E-state index contributed by atoms with van der Waals surface area (Å²) < 4.78 is 4.93. The summed E-state index contributed by atoms with van der Waals surface area (Å²) in [5.41, 5.74) is 10.5. The third-order valence-electron chi connectivity index (χ3n) is 3.38. The minimum absolute atomic E-state index is 0.207. The smallest absolute Gasteiger partial charge is 0.310 e. The zero-order valence-corrected chi connectivity index (χ0v) is 17.5. The Balaban J connectivity index is 0.000000906. The molecule has 0 aliphatic carbocycles. The molecule has 0 radical (unpaired) electrons. The normalized spacial score (nSPS) is 9.04. The highest BCUT2D eigenvalue weighted by Gasteiger charge is 2.04. The van der Waals surface area contributed by atoms with Crippen LogP contribution in [0.4, 0.5) is 17.1 Å². The molecular weight excluding hydrogens is 354 g/mol. The summed E-state index contributed by atoms with van der Waals surface area (Å²) in [4.78, 5) is 20.7. The van der Waals surface area contributed by atoms with Crippen molar-refractivity contribution in [2.75, 3.05) is 24.2 Å². The summed E-state index contributed by atoms with van der Waals surface area (Å²) in [5, 5.41) is 5.69. The van der Waals surface area contributed by atoms with Gasteiger partial charge < -0.3 is 21.1 Å². The van der Waals surface area contributed by atoms with Crippen LogP contribution in [0.15, 0.2) is 42.5 Å². The van der Waals surface area contributed by atoms with Gasteiger partial charge >= 0.3 is 5.97 Å². The van der Waals surface area contributed by atoms with Crippen LogP contribution >= 0.6 is 0 Å². The summed E-state index contributed by atoms with van der Waals surface area (Å²) in [6.45, 7) is 10.8. The highest BCUT2D eigenvalue weighted by atomic mass is 16.5. The van der Waals surface area contributed by atoms with Crippen LogP contribution < -0.4 is 16.4 Å². The number of nitrogens with one attached hydrogen (secondary N) is 2. The average molecular weight is 388 g/mol. The quantitative estimate of drug-likeness (QED) is 0.376. The predicted octanol–water partition coefficient (Wildman–Crippen LogP) is 4.20. The first-order valence-corrected chi connectivity index (χ1v) is 9.54. The summed E-state index contributed by atoms with van der Waals surface area (Å²) >= 11 is 0. The Morgan fingerprint density at radius 2 is 1.75 bits per heavy atom. The maximum absolute atomic E-state index is 11.4. The molecule has 0 heterocycles. The molecule has 0 aliphatic rings. The van der Waals surface area contributed by atoms with Gasteiger partial charge in [0.2, 0.25) is 6.41 Å². The van der Waals surface area contributed by atoms with Crippen LogP contribution in [-0.2, 0) is 20.7 Å². The number of carbonyl (C=O) groups is 2. The monoisotopic (exact) mass is 387 g/mol. The van der Waals surface area contributed by atoms with Crippen molar-refractivity contribution in [3.05, 3.63) is 53.6 Å². The Morgan fingerprint density at radius 3 is 2.21 bits per heavy atom. The minimum atomic E-state index is -0.207. The lowest BCUT2D eigenvalue weighted by Crippen LogP contribution is -2.07. The van der Waals surface area contributed by atoms with E-state index in [4.69, 9.17) is 10.5 Å². The summed E-state index contributed by atoms with van der Waals surface area (Å²) in [6.07, 6.45) is 0.973. The fourth-order valence-corrected chi connectivity index (χ4v) is 2.12. The molecule has 6 heteroatoms. The fraction of sp³-hybridized carbons (Fsp3) is 0.364. The number of esters is 1. The Hall–Kier alpha value is -3.02. The van der Waals surface area contributed by atoms with Crippen molar-refractivity contribution < 1.29 is 14.3 Å². The van der Waals surface area contributed by atoms with Crippen LogP contribution in [0.2, 0.25) is 0 Å². The number of amides is 1. The molecular formula is C22H33N3O3. The molecule has 0 saturated heterocycles. The molecule has 0 bridgehead atoms. The van der Waals surface area contributed by atoms with Gasteiger partial charge in [-0.15, -0.1) is 0 Å². The van der Waals surface area contributed by atoms with Crippen molar-refractivity contribution in [1.82, 2.24) is 5.32 Å². The second-order valence-electron chi connectivity index (χ2n) is 5.57. The number of anilines is 3. The lowest BCUT2D eigenvalue weighted by molar-refractivity contribution is -0.142. The van der Waals surface area contributed by atoms with Crippen LogP contribution in [0.1, 0.15) is 38.8 Å².